The van der Waals surface area contributed by atoms with Gasteiger partial charge in [-0.05, 0) is 33.1 Å². The highest BCUT2D eigenvalue weighted by molar-refractivity contribution is 4.76. The highest BCUT2D eigenvalue weighted by Crippen LogP contribution is 2.22. The van der Waals surface area contributed by atoms with Crippen LogP contribution in [0.1, 0.15) is 33.1 Å². The minimum Gasteiger partial charge on any atom is -0.381 e. The first-order valence-electron chi connectivity index (χ1n) is 6.29. The van der Waals surface area contributed by atoms with Crippen LogP contribution in [0.15, 0.2) is 0 Å². The summed E-state index contributed by atoms with van der Waals surface area (Å²) in [7, 11) is 0. The van der Waals surface area contributed by atoms with Crippen molar-refractivity contribution in [3.05, 3.63) is 0 Å². The van der Waals surface area contributed by atoms with Crippen LogP contribution in [0.25, 0.3) is 0 Å². The van der Waals surface area contributed by atoms with E-state index in [0.717, 1.165) is 32.6 Å². The van der Waals surface area contributed by atoms with Gasteiger partial charge in [0.15, 0.2) is 5.79 Å². The van der Waals surface area contributed by atoms with E-state index in [1.165, 1.54) is 6.42 Å². The first-order valence-corrected chi connectivity index (χ1v) is 6.29. The summed E-state index contributed by atoms with van der Waals surface area (Å²) in [5, 5.41) is 3.56. The fourth-order valence-electron chi connectivity index (χ4n) is 2.27. The second kappa shape index (κ2) is 5.45. The molecule has 2 unspecified atom stereocenters. The Bertz CT molecular complexity index is 208. The summed E-state index contributed by atoms with van der Waals surface area (Å²) >= 11 is 0. The molecule has 2 aliphatic heterocycles. The zero-order chi connectivity index (χ0) is 11.4. The van der Waals surface area contributed by atoms with Gasteiger partial charge in [-0.25, -0.2) is 0 Å². The average Bonchev–Trinajstić information content (AvgIpc) is 2.47. The molecule has 2 rings (SSSR count). The van der Waals surface area contributed by atoms with Crippen molar-refractivity contribution in [1.29, 1.82) is 0 Å². The van der Waals surface area contributed by atoms with Crippen molar-refractivity contribution in [2.45, 2.75) is 51.0 Å². The van der Waals surface area contributed by atoms with Crippen LogP contribution in [0.4, 0.5) is 0 Å². The highest BCUT2D eigenvalue weighted by atomic mass is 16.7. The molecular weight excluding hydrogens is 206 g/mol. The molecule has 2 saturated heterocycles. The summed E-state index contributed by atoms with van der Waals surface area (Å²) in [6.07, 6.45) is 3.67. The van der Waals surface area contributed by atoms with Gasteiger partial charge in [0.25, 0.3) is 0 Å². The molecule has 0 amide bonds. The summed E-state index contributed by atoms with van der Waals surface area (Å²) in [6, 6.07) is 0.579. The van der Waals surface area contributed by atoms with Crippen molar-refractivity contribution < 1.29 is 14.2 Å². The standard InChI is InChI=1S/C12H23NO3/c1-12(2)15-9-11(16-12)8-13-10-4-3-6-14-7-5-10/h10-11,13H,3-9H2,1-2H3. The third kappa shape index (κ3) is 3.70. The Morgan fingerprint density at radius 2 is 2.12 bits per heavy atom. The van der Waals surface area contributed by atoms with Crippen molar-refractivity contribution in [1.82, 2.24) is 5.32 Å². The van der Waals surface area contributed by atoms with Gasteiger partial charge < -0.3 is 19.5 Å². The van der Waals surface area contributed by atoms with Gasteiger partial charge in [-0.1, -0.05) is 0 Å². The summed E-state index contributed by atoms with van der Waals surface area (Å²) in [4.78, 5) is 0. The normalized spacial score (nSPS) is 34.9. The molecule has 0 saturated carbocycles. The smallest absolute Gasteiger partial charge is 0.163 e. The molecule has 0 bridgehead atoms. The van der Waals surface area contributed by atoms with Crippen molar-refractivity contribution >= 4 is 0 Å². The maximum absolute atomic E-state index is 5.76. The summed E-state index contributed by atoms with van der Waals surface area (Å²) in [6.45, 7) is 7.30. The van der Waals surface area contributed by atoms with E-state index in [0.29, 0.717) is 12.6 Å². The molecule has 0 aromatic rings. The van der Waals surface area contributed by atoms with Crippen LogP contribution in [0.5, 0.6) is 0 Å². The Hall–Kier alpha value is -0.160. The molecule has 16 heavy (non-hydrogen) atoms. The van der Waals surface area contributed by atoms with Crippen LogP contribution >= 0.6 is 0 Å². The van der Waals surface area contributed by atoms with E-state index in [2.05, 4.69) is 5.32 Å². The van der Waals surface area contributed by atoms with E-state index < -0.39 is 5.79 Å². The van der Waals surface area contributed by atoms with Gasteiger partial charge in [-0.3, -0.25) is 0 Å². The lowest BCUT2D eigenvalue weighted by atomic mass is 10.1. The summed E-state index contributed by atoms with van der Waals surface area (Å²) in [5.74, 6) is -0.404. The fourth-order valence-corrected chi connectivity index (χ4v) is 2.27. The van der Waals surface area contributed by atoms with Gasteiger partial charge in [0.1, 0.15) is 0 Å². The van der Waals surface area contributed by atoms with Gasteiger partial charge >= 0.3 is 0 Å². The van der Waals surface area contributed by atoms with Crippen LogP contribution in [-0.4, -0.2) is 44.3 Å². The summed E-state index contributed by atoms with van der Waals surface area (Å²) < 4.78 is 16.7. The molecule has 2 heterocycles. The number of hydrogen-bond donors (Lipinski definition) is 1. The topological polar surface area (TPSA) is 39.7 Å². The second-order valence-corrected chi connectivity index (χ2v) is 5.10. The van der Waals surface area contributed by atoms with Gasteiger partial charge in [0, 0.05) is 25.8 Å². The Morgan fingerprint density at radius 3 is 2.88 bits per heavy atom. The first kappa shape index (κ1) is 12.3. The molecule has 2 fully saturated rings. The Kier molecular flexibility index (Phi) is 4.19. The minimum absolute atomic E-state index is 0.194. The predicted octanol–water partition coefficient (Wildman–Crippen LogP) is 1.30. The number of ether oxygens (including phenoxy) is 3. The van der Waals surface area contributed by atoms with Crippen LogP contribution < -0.4 is 5.32 Å². The fraction of sp³-hybridized carbons (Fsp3) is 1.00. The Labute approximate surface area is 97.6 Å². The second-order valence-electron chi connectivity index (χ2n) is 5.10. The van der Waals surface area contributed by atoms with Gasteiger partial charge in [-0.15, -0.1) is 0 Å². The molecule has 0 aliphatic carbocycles. The Morgan fingerprint density at radius 1 is 1.25 bits per heavy atom. The molecule has 1 N–H and O–H groups in total. The van der Waals surface area contributed by atoms with Gasteiger partial charge in [-0.2, -0.15) is 0 Å². The third-order valence-corrected chi connectivity index (χ3v) is 3.15. The molecular formula is C12H23NO3. The van der Waals surface area contributed by atoms with Crippen molar-refractivity contribution in [3.63, 3.8) is 0 Å². The molecule has 94 valence electrons. The third-order valence-electron chi connectivity index (χ3n) is 3.15. The zero-order valence-electron chi connectivity index (χ0n) is 10.3. The Balaban J connectivity index is 1.67. The van der Waals surface area contributed by atoms with E-state index in [-0.39, 0.29) is 6.10 Å². The molecule has 0 aromatic heterocycles. The molecule has 0 spiro atoms. The van der Waals surface area contributed by atoms with Crippen LogP contribution in [0.2, 0.25) is 0 Å². The highest BCUT2D eigenvalue weighted by Gasteiger charge is 2.32. The zero-order valence-corrected chi connectivity index (χ0v) is 10.3. The molecule has 2 atom stereocenters. The van der Waals surface area contributed by atoms with Gasteiger partial charge in [0.05, 0.1) is 12.7 Å². The largest absolute Gasteiger partial charge is 0.381 e. The van der Waals surface area contributed by atoms with E-state index in [1.54, 1.807) is 0 Å². The quantitative estimate of drug-likeness (QED) is 0.792. The molecule has 4 heteroatoms. The van der Waals surface area contributed by atoms with Crippen molar-refractivity contribution in [3.8, 4) is 0 Å². The first-order chi connectivity index (χ1) is 7.66. The maximum atomic E-state index is 5.76. The molecule has 2 aliphatic rings. The lowest BCUT2D eigenvalue weighted by Gasteiger charge is -2.20. The van der Waals surface area contributed by atoms with E-state index >= 15 is 0 Å². The molecule has 4 nitrogen and oxygen atoms in total. The number of nitrogens with one attached hydrogen (secondary N) is 1. The van der Waals surface area contributed by atoms with E-state index in [9.17, 15) is 0 Å². The lowest BCUT2D eigenvalue weighted by molar-refractivity contribution is -0.137. The van der Waals surface area contributed by atoms with Gasteiger partial charge in [0.2, 0.25) is 0 Å². The van der Waals surface area contributed by atoms with E-state index in [1.807, 2.05) is 13.8 Å². The SMILES string of the molecule is CC1(C)OCC(CNC2CCCOCC2)O1. The number of hydrogen-bond acceptors (Lipinski definition) is 4. The average molecular weight is 229 g/mol. The monoisotopic (exact) mass is 229 g/mol. The van der Waals surface area contributed by atoms with Crippen LogP contribution in [0, 0.1) is 0 Å². The van der Waals surface area contributed by atoms with Crippen LogP contribution in [-0.2, 0) is 14.2 Å². The number of rotatable bonds is 3. The van der Waals surface area contributed by atoms with Crippen LogP contribution in [0.3, 0.4) is 0 Å². The minimum atomic E-state index is -0.404. The maximum Gasteiger partial charge on any atom is 0.163 e. The molecule has 0 radical (unpaired) electrons. The summed E-state index contributed by atoms with van der Waals surface area (Å²) in [5.41, 5.74) is 0. The van der Waals surface area contributed by atoms with Crippen molar-refractivity contribution in [2.24, 2.45) is 0 Å². The molecule has 0 aromatic carbocycles. The van der Waals surface area contributed by atoms with E-state index in [4.69, 9.17) is 14.2 Å². The van der Waals surface area contributed by atoms with Crippen molar-refractivity contribution in [2.75, 3.05) is 26.4 Å². The predicted molar refractivity (Wildman–Crippen MR) is 61.4 cm³/mol. The lowest BCUT2D eigenvalue weighted by Crippen LogP contribution is -2.37.